The maximum Gasteiger partial charge on any atom is 0.326 e. The molecular formula is C15H19N3O4S. The highest BCUT2D eigenvalue weighted by Crippen LogP contribution is 2.21. The van der Waals surface area contributed by atoms with Gasteiger partial charge in [0.25, 0.3) is 11.5 Å². The first kappa shape index (κ1) is 17.1. The van der Waals surface area contributed by atoms with Crippen LogP contribution in [0.4, 0.5) is 0 Å². The molecule has 0 aliphatic heterocycles. The lowest BCUT2D eigenvalue weighted by molar-refractivity contribution is -0.139. The van der Waals surface area contributed by atoms with Crippen molar-refractivity contribution in [3.63, 3.8) is 0 Å². The summed E-state index contributed by atoms with van der Waals surface area (Å²) in [5.74, 6) is -1.84. The fourth-order valence-electron chi connectivity index (χ4n) is 2.05. The largest absolute Gasteiger partial charge is 0.480 e. The van der Waals surface area contributed by atoms with Gasteiger partial charge in [0, 0.05) is 17.8 Å². The van der Waals surface area contributed by atoms with Crippen LogP contribution in [0.15, 0.2) is 22.6 Å². The quantitative estimate of drug-likeness (QED) is 0.866. The number of hydrogen-bond donors (Lipinski definition) is 2. The van der Waals surface area contributed by atoms with Crippen LogP contribution in [-0.4, -0.2) is 32.4 Å². The summed E-state index contributed by atoms with van der Waals surface area (Å²) in [6.45, 7) is 5.98. The van der Waals surface area contributed by atoms with Gasteiger partial charge in [0.15, 0.2) is 4.96 Å². The Morgan fingerprint density at radius 3 is 2.74 bits per heavy atom. The fourth-order valence-corrected chi connectivity index (χ4v) is 2.73. The zero-order chi connectivity index (χ0) is 17.2. The molecule has 0 bridgehead atoms. The third-order valence-electron chi connectivity index (χ3n) is 3.37. The monoisotopic (exact) mass is 337 g/mol. The molecule has 0 saturated carbocycles. The first-order valence-corrected chi connectivity index (χ1v) is 8.05. The molecule has 2 N–H and O–H groups in total. The van der Waals surface area contributed by atoms with Crippen molar-refractivity contribution >= 4 is 28.2 Å². The van der Waals surface area contributed by atoms with Crippen LogP contribution in [-0.2, 0) is 4.79 Å². The van der Waals surface area contributed by atoms with Crippen LogP contribution < -0.4 is 10.9 Å². The van der Waals surface area contributed by atoms with Gasteiger partial charge in [0.05, 0.1) is 0 Å². The average Bonchev–Trinajstić information content (AvgIpc) is 2.91. The van der Waals surface area contributed by atoms with E-state index < -0.39 is 23.5 Å². The Kier molecular flexibility index (Phi) is 4.84. The van der Waals surface area contributed by atoms with Crippen molar-refractivity contribution < 1.29 is 14.7 Å². The summed E-state index contributed by atoms with van der Waals surface area (Å²) in [6, 6.07) is -1.04. The normalized spacial score (nSPS) is 13.0. The summed E-state index contributed by atoms with van der Waals surface area (Å²) < 4.78 is 1.27. The molecule has 2 rings (SSSR count). The summed E-state index contributed by atoms with van der Waals surface area (Å²) in [7, 11) is 0. The highest BCUT2D eigenvalue weighted by Gasteiger charge is 2.24. The number of hydrogen-bond acceptors (Lipinski definition) is 5. The topological polar surface area (TPSA) is 101 Å². The van der Waals surface area contributed by atoms with E-state index in [0.29, 0.717) is 17.8 Å². The number of nitrogens with one attached hydrogen (secondary N) is 1. The molecule has 7 nitrogen and oxygen atoms in total. The van der Waals surface area contributed by atoms with Gasteiger partial charge in [-0.1, -0.05) is 20.8 Å². The molecule has 0 aromatic carbocycles. The Labute approximate surface area is 137 Å². The predicted molar refractivity (Wildman–Crippen MR) is 86.9 cm³/mol. The number of fused-ring (bicyclic) bond motifs is 1. The zero-order valence-electron chi connectivity index (χ0n) is 13.2. The van der Waals surface area contributed by atoms with Gasteiger partial charge in [-0.15, -0.1) is 11.3 Å². The molecule has 2 aromatic rings. The summed E-state index contributed by atoms with van der Waals surface area (Å²) >= 11 is 1.28. The SMILES string of the molecule is CC(C)(C)CCC(NC(=O)c1cnc2sccn2c1=O)C(=O)O. The first-order valence-electron chi connectivity index (χ1n) is 7.17. The first-order chi connectivity index (χ1) is 10.7. The fraction of sp³-hybridized carbons (Fsp3) is 0.467. The zero-order valence-corrected chi connectivity index (χ0v) is 14.0. The van der Waals surface area contributed by atoms with Crippen LogP contribution >= 0.6 is 11.3 Å². The van der Waals surface area contributed by atoms with Crippen molar-refractivity contribution in [3.05, 3.63) is 33.7 Å². The molecule has 1 amide bonds. The number of carbonyl (C=O) groups is 2. The third-order valence-corrected chi connectivity index (χ3v) is 4.14. The summed E-state index contributed by atoms with van der Waals surface area (Å²) in [6.07, 6.45) is 3.64. The van der Waals surface area contributed by atoms with E-state index in [1.165, 1.54) is 28.1 Å². The molecule has 1 unspecified atom stereocenters. The lowest BCUT2D eigenvalue weighted by atomic mass is 9.88. The highest BCUT2D eigenvalue weighted by molar-refractivity contribution is 7.15. The van der Waals surface area contributed by atoms with Crippen LogP contribution in [0.1, 0.15) is 44.0 Å². The van der Waals surface area contributed by atoms with Gasteiger partial charge >= 0.3 is 5.97 Å². The van der Waals surface area contributed by atoms with Crippen LogP contribution in [0, 0.1) is 5.41 Å². The van der Waals surface area contributed by atoms with Gasteiger partial charge in [-0.25, -0.2) is 9.78 Å². The smallest absolute Gasteiger partial charge is 0.326 e. The minimum atomic E-state index is -1.12. The van der Waals surface area contributed by atoms with E-state index in [2.05, 4.69) is 10.3 Å². The minimum Gasteiger partial charge on any atom is -0.480 e. The molecule has 1 atom stereocenters. The number of rotatable bonds is 5. The molecule has 0 aliphatic rings. The second-order valence-electron chi connectivity index (χ2n) is 6.50. The van der Waals surface area contributed by atoms with Crippen molar-refractivity contribution in [2.75, 3.05) is 0 Å². The Morgan fingerprint density at radius 2 is 2.13 bits per heavy atom. The van der Waals surface area contributed by atoms with Crippen molar-refractivity contribution in [3.8, 4) is 0 Å². The Balaban J connectivity index is 2.18. The Bertz CT molecular complexity index is 788. The van der Waals surface area contributed by atoms with Crippen LogP contribution in [0.2, 0.25) is 0 Å². The Morgan fingerprint density at radius 1 is 1.43 bits per heavy atom. The molecule has 124 valence electrons. The molecule has 23 heavy (non-hydrogen) atoms. The highest BCUT2D eigenvalue weighted by atomic mass is 32.1. The number of carboxylic acids is 1. The molecule has 0 fully saturated rings. The summed E-state index contributed by atoms with van der Waals surface area (Å²) in [4.78, 5) is 40.3. The van der Waals surface area contributed by atoms with E-state index >= 15 is 0 Å². The van der Waals surface area contributed by atoms with Gasteiger partial charge in [0.1, 0.15) is 11.6 Å². The predicted octanol–water partition coefficient (Wildman–Crippen LogP) is 1.77. The summed E-state index contributed by atoms with van der Waals surface area (Å²) in [5, 5.41) is 13.4. The standard InChI is InChI=1S/C15H19N3O4S/c1-15(2,3)5-4-10(13(21)22)17-11(19)9-8-16-14-18(12(9)20)6-7-23-14/h6-8,10H,4-5H2,1-3H3,(H,17,19)(H,21,22). The van der Waals surface area contributed by atoms with E-state index in [1.54, 1.807) is 5.38 Å². The number of nitrogens with zero attached hydrogens (tertiary/aromatic N) is 2. The van der Waals surface area contributed by atoms with Gasteiger partial charge in [0.2, 0.25) is 0 Å². The second-order valence-corrected chi connectivity index (χ2v) is 7.37. The van der Waals surface area contributed by atoms with Crippen LogP contribution in [0.25, 0.3) is 4.96 Å². The number of aliphatic carboxylic acids is 1. The third kappa shape index (κ3) is 4.16. The molecule has 8 heteroatoms. The second kappa shape index (κ2) is 6.49. The van der Waals surface area contributed by atoms with Crippen molar-refractivity contribution in [2.24, 2.45) is 5.41 Å². The van der Waals surface area contributed by atoms with Crippen molar-refractivity contribution in [1.82, 2.24) is 14.7 Å². The van der Waals surface area contributed by atoms with Crippen molar-refractivity contribution in [2.45, 2.75) is 39.7 Å². The van der Waals surface area contributed by atoms with E-state index in [0.717, 1.165) is 0 Å². The number of thiazole rings is 1. The maximum atomic E-state index is 12.2. The average molecular weight is 337 g/mol. The lowest BCUT2D eigenvalue weighted by Crippen LogP contribution is -2.43. The molecule has 0 aliphatic carbocycles. The van der Waals surface area contributed by atoms with Crippen molar-refractivity contribution in [1.29, 1.82) is 0 Å². The van der Waals surface area contributed by atoms with Gasteiger partial charge < -0.3 is 10.4 Å². The van der Waals surface area contributed by atoms with E-state index in [9.17, 15) is 19.5 Å². The minimum absolute atomic E-state index is 0.0465. The molecule has 0 saturated heterocycles. The number of amides is 1. The van der Waals surface area contributed by atoms with E-state index in [1.807, 2.05) is 20.8 Å². The molecule has 0 spiro atoms. The molecule has 0 radical (unpaired) electrons. The molecule has 2 heterocycles. The Hall–Kier alpha value is -2.22. The van der Waals surface area contributed by atoms with Gasteiger partial charge in [-0.3, -0.25) is 14.0 Å². The van der Waals surface area contributed by atoms with E-state index in [4.69, 9.17) is 0 Å². The van der Waals surface area contributed by atoms with Crippen LogP contribution in [0.3, 0.4) is 0 Å². The summed E-state index contributed by atoms with van der Waals surface area (Å²) in [5.41, 5.74) is -0.716. The molecule has 2 aromatic heterocycles. The molecular weight excluding hydrogens is 318 g/mol. The van der Waals surface area contributed by atoms with E-state index in [-0.39, 0.29) is 11.0 Å². The number of aromatic nitrogens is 2. The van der Waals surface area contributed by atoms with Crippen LogP contribution in [0.5, 0.6) is 0 Å². The van der Waals surface area contributed by atoms with Gasteiger partial charge in [-0.05, 0) is 18.3 Å². The maximum absolute atomic E-state index is 12.2. The number of carbonyl (C=O) groups excluding carboxylic acids is 1. The van der Waals surface area contributed by atoms with Gasteiger partial charge in [-0.2, -0.15) is 0 Å². The number of carboxylic acid groups (broad SMARTS) is 1. The lowest BCUT2D eigenvalue weighted by Gasteiger charge is -2.21.